The number of nitro groups is 1. The van der Waals surface area contributed by atoms with Gasteiger partial charge < -0.3 is 9.80 Å². The highest BCUT2D eigenvalue weighted by molar-refractivity contribution is 7.10. The highest BCUT2D eigenvalue weighted by atomic mass is 32.1. The summed E-state index contributed by atoms with van der Waals surface area (Å²) in [4.78, 5) is 40.9. The van der Waals surface area contributed by atoms with E-state index < -0.39 is 4.92 Å². The van der Waals surface area contributed by atoms with Crippen molar-refractivity contribution in [2.45, 2.75) is 39.9 Å². The molecular weight excluding hydrogens is 481 g/mol. The SMILES string of the molecule is Cc1ccsc1CN(Cc1ccc(F)cc1)C(=O)CN(C(=O)/C=C/c1ccc([N+](=O)[O-])cc1)C(C)C. The first kappa shape index (κ1) is 26.7. The zero-order chi connectivity index (χ0) is 26.2. The minimum absolute atomic E-state index is 0.0323. The van der Waals surface area contributed by atoms with Crippen molar-refractivity contribution in [3.05, 3.63) is 104 Å². The van der Waals surface area contributed by atoms with Crippen LogP contribution in [0.2, 0.25) is 0 Å². The third-order valence-corrected chi connectivity index (χ3v) is 6.68. The molecular formula is C27H28FN3O4S. The van der Waals surface area contributed by atoms with Crippen LogP contribution >= 0.6 is 11.3 Å². The third-order valence-electron chi connectivity index (χ3n) is 5.68. The van der Waals surface area contributed by atoms with Crippen LogP contribution in [-0.2, 0) is 22.7 Å². The number of thiophene rings is 1. The predicted molar refractivity (Wildman–Crippen MR) is 139 cm³/mol. The van der Waals surface area contributed by atoms with E-state index in [0.717, 1.165) is 16.0 Å². The quantitative estimate of drug-likeness (QED) is 0.203. The highest BCUT2D eigenvalue weighted by Crippen LogP contribution is 2.20. The molecule has 0 saturated heterocycles. The molecule has 7 nitrogen and oxygen atoms in total. The van der Waals surface area contributed by atoms with Gasteiger partial charge in [-0.1, -0.05) is 12.1 Å². The normalized spacial score (nSPS) is 11.1. The molecule has 0 fully saturated rings. The molecule has 0 atom stereocenters. The molecule has 0 radical (unpaired) electrons. The molecule has 9 heteroatoms. The minimum Gasteiger partial charge on any atom is -0.332 e. The summed E-state index contributed by atoms with van der Waals surface area (Å²) in [5, 5.41) is 12.8. The van der Waals surface area contributed by atoms with Crippen molar-refractivity contribution in [2.75, 3.05) is 6.54 Å². The third kappa shape index (κ3) is 7.32. The van der Waals surface area contributed by atoms with E-state index in [9.17, 15) is 24.1 Å². The van der Waals surface area contributed by atoms with Crippen LogP contribution in [0.1, 0.15) is 35.4 Å². The largest absolute Gasteiger partial charge is 0.332 e. The molecule has 1 heterocycles. The van der Waals surface area contributed by atoms with Crippen LogP contribution in [0.15, 0.2) is 66.1 Å². The van der Waals surface area contributed by atoms with Crippen molar-refractivity contribution >= 4 is 34.9 Å². The van der Waals surface area contributed by atoms with Gasteiger partial charge in [-0.25, -0.2) is 4.39 Å². The number of carbonyl (C=O) groups excluding carboxylic acids is 2. The van der Waals surface area contributed by atoms with Gasteiger partial charge in [-0.05, 0) is 79.2 Å². The van der Waals surface area contributed by atoms with Gasteiger partial charge in [-0.15, -0.1) is 11.3 Å². The lowest BCUT2D eigenvalue weighted by Crippen LogP contribution is -2.45. The Balaban J connectivity index is 1.76. The molecule has 0 aliphatic heterocycles. The molecule has 188 valence electrons. The van der Waals surface area contributed by atoms with Gasteiger partial charge in [0.2, 0.25) is 11.8 Å². The Bertz CT molecular complexity index is 1240. The Morgan fingerprint density at radius 1 is 1.06 bits per heavy atom. The van der Waals surface area contributed by atoms with Crippen LogP contribution < -0.4 is 0 Å². The van der Waals surface area contributed by atoms with Crippen molar-refractivity contribution < 1.29 is 18.9 Å². The van der Waals surface area contributed by atoms with Gasteiger partial charge in [-0.3, -0.25) is 19.7 Å². The maximum Gasteiger partial charge on any atom is 0.269 e. The Kier molecular flexibility index (Phi) is 9.08. The van der Waals surface area contributed by atoms with E-state index in [-0.39, 0.29) is 42.5 Å². The monoisotopic (exact) mass is 509 g/mol. The number of amides is 2. The second-order valence-electron chi connectivity index (χ2n) is 8.64. The van der Waals surface area contributed by atoms with E-state index in [1.54, 1.807) is 46.6 Å². The first-order valence-corrected chi connectivity index (χ1v) is 12.3. The second-order valence-corrected chi connectivity index (χ2v) is 9.65. The summed E-state index contributed by atoms with van der Waals surface area (Å²) in [5.41, 5.74) is 2.48. The maximum atomic E-state index is 13.4. The van der Waals surface area contributed by atoms with Crippen molar-refractivity contribution in [1.29, 1.82) is 0 Å². The lowest BCUT2D eigenvalue weighted by molar-refractivity contribution is -0.384. The summed E-state index contributed by atoms with van der Waals surface area (Å²) in [6, 6.07) is 13.6. The Hall–Kier alpha value is -3.85. The Labute approximate surface area is 213 Å². The lowest BCUT2D eigenvalue weighted by atomic mass is 10.1. The summed E-state index contributed by atoms with van der Waals surface area (Å²) in [7, 11) is 0. The highest BCUT2D eigenvalue weighted by Gasteiger charge is 2.23. The van der Waals surface area contributed by atoms with Gasteiger partial charge >= 0.3 is 0 Å². The fraction of sp³-hybridized carbons (Fsp3) is 0.259. The van der Waals surface area contributed by atoms with Crippen LogP contribution in [0.4, 0.5) is 10.1 Å². The molecule has 0 aliphatic carbocycles. The van der Waals surface area contributed by atoms with E-state index >= 15 is 0 Å². The first-order chi connectivity index (χ1) is 17.1. The van der Waals surface area contributed by atoms with Crippen molar-refractivity contribution in [2.24, 2.45) is 0 Å². The molecule has 0 unspecified atom stereocenters. The molecule has 3 rings (SSSR count). The average Bonchev–Trinajstić information content (AvgIpc) is 3.26. The van der Waals surface area contributed by atoms with Crippen LogP contribution in [0.5, 0.6) is 0 Å². The van der Waals surface area contributed by atoms with Crippen molar-refractivity contribution in [1.82, 2.24) is 9.80 Å². The van der Waals surface area contributed by atoms with Gasteiger partial charge in [0.1, 0.15) is 12.4 Å². The fourth-order valence-corrected chi connectivity index (χ4v) is 4.43. The molecule has 2 aromatic carbocycles. The number of benzene rings is 2. The van der Waals surface area contributed by atoms with E-state index in [0.29, 0.717) is 12.1 Å². The van der Waals surface area contributed by atoms with Crippen LogP contribution in [0.3, 0.4) is 0 Å². The fourth-order valence-electron chi connectivity index (χ4n) is 3.51. The average molecular weight is 510 g/mol. The molecule has 0 bridgehead atoms. The summed E-state index contributed by atoms with van der Waals surface area (Å²) < 4.78 is 13.4. The van der Waals surface area contributed by atoms with Gasteiger partial charge in [0.05, 0.1) is 11.5 Å². The van der Waals surface area contributed by atoms with Gasteiger partial charge in [0.15, 0.2) is 0 Å². The summed E-state index contributed by atoms with van der Waals surface area (Å²) in [6.45, 7) is 6.21. The lowest BCUT2D eigenvalue weighted by Gasteiger charge is -2.29. The molecule has 36 heavy (non-hydrogen) atoms. The van der Waals surface area contributed by atoms with E-state index in [1.807, 2.05) is 32.2 Å². The standard InChI is InChI=1S/C27H28FN3O4S/c1-19(2)30(26(32)13-8-21-6-11-24(12-7-21)31(34)35)18-27(33)29(17-25-20(3)14-15-36-25)16-22-4-9-23(28)10-5-22/h4-15,19H,16-18H2,1-3H3/b13-8+. The molecule has 1 aromatic heterocycles. The van der Waals surface area contributed by atoms with Gasteiger partial charge in [0.25, 0.3) is 5.69 Å². The van der Waals surface area contributed by atoms with Gasteiger partial charge in [-0.2, -0.15) is 0 Å². The molecule has 3 aromatic rings. The second kappa shape index (κ2) is 12.2. The number of rotatable bonds is 10. The van der Waals surface area contributed by atoms with Crippen LogP contribution in [0.25, 0.3) is 6.08 Å². The zero-order valence-corrected chi connectivity index (χ0v) is 21.2. The molecule has 0 aliphatic rings. The van der Waals surface area contributed by atoms with E-state index in [1.165, 1.54) is 35.2 Å². The van der Waals surface area contributed by atoms with Gasteiger partial charge in [0, 0.05) is 35.7 Å². The van der Waals surface area contributed by atoms with Crippen molar-refractivity contribution in [3.63, 3.8) is 0 Å². The number of hydrogen-bond donors (Lipinski definition) is 0. The number of non-ortho nitro benzene ring substituents is 1. The molecule has 0 N–H and O–H groups in total. The predicted octanol–water partition coefficient (Wildman–Crippen LogP) is 5.58. The number of nitro benzene ring substituents is 1. The number of nitrogens with zero attached hydrogens (tertiary/aromatic N) is 3. The summed E-state index contributed by atoms with van der Waals surface area (Å²) >= 11 is 1.56. The zero-order valence-electron chi connectivity index (χ0n) is 20.4. The smallest absolute Gasteiger partial charge is 0.269 e. The molecule has 0 saturated carbocycles. The van der Waals surface area contributed by atoms with Crippen LogP contribution in [0, 0.1) is 22.9 Å². The first-order valence-electron chi connectivity index (χ1n) is 11.4. The van der Waals surface area contributed by atoms with E-state index in [2.05, 4.69) is 0 Å². The number of aryl methyl sites for hydroxylation is 1. The molecule has 2 amide bonds. The molecule has 0 spiro atoms. The van der Waals surface area contributed by atoms with Crippen molar-refractivity contribution in [3.8, 4) is 0 Å². The number of hydrogen-bond acceptors (Lipinski definition) is 5. The number of halogens is 1. The topological polar surface area (TPSA) is 83.8 Å². The Morgan fingerprint density at radius 2 is 1.72 bits per heavy atom. The number of carbonyl (C=O) groups is 2. The van der Waals surface area contributed by atoms with Crippen LogP contribution in [-0.4, -0.2) is 39.1 Å². The Morgan fingerprint density at radius 3 is 2.28 bits per heavy atom. The maximum absolute atomic E-state index is 13.4. The van der Waals surface area contributed by atoms with E-state index in [4.69, 9.17) is 0 Å². The summed E-state index contributed by atoms with van der Waals surface area (Å²) in [5.74, 6) is -0.911. The minimum atomic E-state index is -0.486. The summed E-state index contributed by atoms with van der Waals surface area (Å²) in [6.07, 6.45) is 2.93.